The van der Waals surface area contributed by atoms with E-state index in [1.165, 1.54) is 12.1 Å². The average molecular weight is 297 g/mol. The van der Waals surface area contributed by atoms with Crippen LogP contribution in [-0.2, 0) is 6.61 Å². The summed E-state index contributed by atoms with van der Waals surface area (Å²) in [7, 11) is -1.66. The summed E-state index contributed by atoms with van der Waals surface area (Å²) in [5, 5.41) is 18.7. The summed E-state index contributed by atoms with van der Waals surface area (Å²) in [5.41, 5.74) is 1.15. The van der Waals surface area contributed by atoms with E-state index in [1.54, 1.807) is 0 Å². The van der Waals surface area contributed by atoms with Crippen LogP contribution in [0.25, 0.3) is 0 Å². The fraction of sp³-hybridized carbons (Fsp3) is 0.0769. The molecular formula is C13H11BCl2O3. The van der Waals surface area contributed by atoms with Crippen LogP contribution in [-0.4, -0.2) is 17.2 Å². The van der Waals surface area contributed by atoms with Crippen molar-refractivity contribution in [1.82, 2.24) is 0 Å². The molecule has 0 radical (unpaired) electrons. The van der Waals surface area contributed by atoms with E-state index in [1.807, 2.05) is 30.3 Å². The van der Waals surface area contributed by atoms with Crippen LogP contribution < -0.4 is 10.2 Å². The molecule has 0 saturated heterocycles. The van der Waals surface area contributed by atoms with E-state index in [2.05, 4.69) is 0 Å². The Kier molecular flexibility index (Phi) is 4.72. The summed E-state index contributed by atoms with van der Waals surface area (Å²) >= 11 is 11.9. The summed E-state index contributed by atoms with van der Waals surface area (Å²) in [6, 6.07) is 12.5. The van der Waals surface area contributed by atoms with Gasteiger partial charge in [-0.2, -0.15) is 0 Å². The number of halogens is 2. The van der Waals surface area contributed by atoms with Crippen molar-refractivity contribution >= 4 is 35.8 Å². The van der Waals surface area contributed by atoms with E-state index in [0.717, 1.165) is 5.56 Å². The third kappa shape index (κ3) is 3.64. The van der Waals surface area contributed by atoms with Crippen LogP contribution >= 0.6 is 23.2 Å². The molecule has 0 aromatic heterocycles. The number of benzene rings is 2. The van der Waals surface area contributed by atoms with Crippen LogP contribution in [0.15, 0.2) is 42.5 Å². The predicted molar refractivity (Wildman–Crippen MR) is 77.1 cm³/mol. The highest BCUT2D eigenvalue weighted by Gasteiger charge is 2.18. The smallest absolute Gasteiger partial charge is 0.487 e. The Bertz CT molecular complexity index is 561. The highest BCUT2D eigenvalue weighted by atomic mass is 35.5. The van der Waals surface area contributed by atoms with Crippen molar-refractivity contribution in [3.05, 3.63) is 58.1 Å². The van der Waals surface area contributed by atoms with E-state index in [0.29, 0.717) is 12.4 Å². The minimum absolute atomic E-state index is 0.152. The van der Waals surface area contributed by atoms with Gasteiger partial charge < -0.3 is 14.8 Å². The molecule has 0 saturated carbocycles. The first-order valence-corrected chi connectivity index (χ1v) is 6.35. The molecule has 0 spiro atoms. The molecule has 0 aliphatic heterocycles. The van der Waals surface area contributed by atoms with E-state index < -0.39 is 7.12 Å². The topological polar surface area (TPSA) is 49.7 Å². The molecule has 0 fully saturated rings. The Hall–Kier alpha value is -1.20. The molecule has 0 atom stereocenters. The molecule has 0 bridgehead atoms. The fourth-order valence-corrected chi connectivity index (χ4v) is 2.07. The molecule has 0 aliphatic rings. The average Bonchev–Trinajstić information content (AvgIpc) is 2.40. The lowest BCUT2D eigenvalue weighted by Gasteiger charge is -2.11. The Balaban J connectivity index is 2.15. The molecule has 2 rings (SSSR count). The quantitative estimate of drug-likeness (QED) is 0.851. The van der Waals surface area contributed by atoms with Crippen molar-refractivity contribution in [2.75, 3.05) is 0 Å². The molecule has 0 aliphatic carbocycles. The van der Waals surface area contributed by atoms with Crippen LogP contribution in [0.1, 0.15) is 5.56 Å². The normalized spacial score (nSPS) is 10.3. The minimum atomic E-state index is -1.66. The van der Waals surface area contributed by atoms with Gasteiger partial charge in [-0.3, -0.25) is 0 Å². The zero-order valence-electron chi connectivity index (χ0n) is 9.88. The second-order valence-electron chi connectivity index (χ2n) is 3.95. The van der Waals surface area contributed by atoms with Crippen molar-refractivity contribution in [2.24, 2.45) is 0 Å². The van der Waals surface area contributed by atoms with Crippen LogP contribution in [0.4, 0.5) is 0 Å². The number of rotatable bonds is 4. The maximum atomic E-state index is 9.10. The van der Waals surface area contributed by atoms with Gasteiger partial charge in [0.05, 0.1) is 5.02 Å². The van der Waals surface area contributed by atoms with Gasteiger partial charge in [-0.25, -0.2) is 0 Å². The lowest BCUT2D eigenvalue weighted by atomic mass is 9.80. The zero-order chi connectivity index (χ0) is 13.8. The van der Waals surface area contributed by atoms with Crippen LogP contribution in [0, 0.1) is 0 Å². The van der Waals surface area contributed by atoms with Gasteiger partial charge in [0.1, 0.15) is 12.4 Å². The van der Waals surface area contributed by atoms with Crippen LogP contribution in [0.3, 0.4) is 0 Å². The second kappa shape index (κ2) is 6.30. The van der Waals surface area contributed by atoms with Gasteiger partial charge in [0.15, 0.2) is 0 Å². The first-order valence-electron chi connectivity index (χ1n) is 5.59. The van der Waals surface area contributed by atoms with Gasteiger partial charge in [-0.15, -0.1) is 0 Å². The van der Waals surface area contributed by atoms with Gasteiger partial charge in [-0.1, -0.05) is 53.5 Å². The summed E-state index contributed by atoms with van der Waals surface area (Å²) in [6.45, 7) is 0.359. The Labute approximate surface area is 121 Å². The fourth-order valence-electron chi connectivity index (χ4n) is 1.59. The summed E-state index contributed by atoms with van der Waals surface area (Å²) in [5.74, 6) is 0.403. The number of hydrogen-bond acceptors (Lipinski definition) is 3. The van der Waals surface area contributed by atoms with Crippen molar-refractivity contribution in [3.8, 4) is 5.75 Å². The van der Waals surface area contributed by atoms with Crippen LogP contribution in [0.5, 0.6) is 5.75 Å². The molecule has 2 N–H and O–H groups in total. The maximum absolute atomic E-state index is 9.10. The van der Waals surface area contributed by atoms with Gasteiger partial charge in [0.25, 0.3) is 0 Å². The van der Waals surface area contributed by atoms with Gasteiger partial charge in [0, 0.05) is 10.5 Å². The molecule has 0 unspecified atom stereocenters. The first-order chi connectivity index (χ1) is 9.08. The molecular weight excluding hydrogens is 286 g/mol. The van der Waals surface area contributed by atoms with Crippen molar-refractivity contribution < 1.29 is 14.8 Å². The van der Waals surface area contributed by atoms with Gasteiger partial charge in [0.2, 0.25) is 0 Å². The van der Waals surface area contributed by atoms with Crippen molar-refractivity contribution in [3.63, 3.8) is 0 Å². The lowest BCUT2D eigenvalue weighted by Crippen LogP contribution is -2.30. The molecule has 2 aromatic carbocycles. The minimum Gasteiger partial charge on any atom is -0.487 e. The summed E-state index contributed by atoms with van der Waals surface area (Å²) in [4.78, 5) is 0. The Morgan fingerprint density at radius 3 is 2.32 bits per heavy atom. The SMILES string of the molecule is OB(O)c1cc(Cl)c(OCc2ccccc2)cc1Cl. The molecule has 0 amide bonds. The lowest BCUT2D eigenvalue weighted by molar-refractivity contribution is 0.306. The zero-order valence-corrected chi connectivity index (χ0v) is 11.4. The molecule has 3 nitrogen and oxygen atoms in total. The van der Waals surface area contributed by atoms with E-state index in [4.69, 9.17) is 38.0 Å². The Morgan fingerprint density at radius 1 is 1.00 bits per heavy atom. The molecule has 6 heteroatoms. The van der Waals surface area contributed by atoms with Crippen molar-refractivity contribution in [1.29, 1.82) is 0 Å². The largest absolute Gasteiger partial charge is 0.490 e. The second-order valence-corrected chi connectivity index (χ2v) is 4.77. The monoisotopic (exact) mass is 296 g/mol. The van der Waals surface area contributed by atoms with E-state index in [-0.39, 0.29) is 15.5 Å². The third-order valence-corrected chi connectivity index (χ3v) is 3.19. The molecule has 0 heterocycles. The molecule has 2 aromatic rings. The predicted octanol–water partition coefficient (Wildman–Crippen LogP) is 2.25. The highest BCUT2D eigenvalue weighted by molar-refractivity contribution is 6.63. The van der Waals surface area contributed by atoms with Gasteiger partial charge >= 0.3 is 7.12 Å². The third-order valence-electron chi connectivity index (χ3n) is 2.57. The van der Waals surface area contributed by atoms with Crippen LogP contribution in [0.2, 0.25) is 10.0 Å². The molecule has 19 heavy (non-hydrogen) atoms. The standard InChI is InChI=1S/C13H11BCl2O3/c15-11-7-13(12(16)6-10(11)14(17)18)19-8-9-4-2-1-3-5-9/h1-7,17-18H,8H2. The van der Waals surface area contributed by atoms with E-state index in [9.17, 15) is 0 Å². The maximum Gasteiger partial charge on any atom is 0.490 e. The van der Waals surface area contributed by atoms with Gasteiger partial charge in [-0.05, 0) is 17.7 Å². The summed E-state index contributed by atoms with van der Waals surface area (Å²) < 4.78 is 5.56. The van der Waals surface area contributed by atoms with Crippen molar-refractivity contribution in [2.45, 2.75) is 6.61 Å². The summed E-state index contributed by atoms with van der Waals surface area (Å²) in [6.07, 6.45) is 0. The highest BCUT2D eigenvalue weighted by Crippen LogP contribution is 2.27. The van der Waals surface area contributed by atoms with E-state index >= 15 is 0 Å². The number of ether oxygens (including phenoxy) is 1. The number of hydrogen-bond donors (Lipinski definition) is 2. The molecule has 98 valence electrons. The first kappa shape index (κ1) is 14.2. The Morgan fingerprint density at radius 2 is 1.68 bits per heavy atom.